The second-order valence-corrected chi connectivity index (χ2v) is 10.2. The lowest BCUT2D eigenvalue weighted by atomic mass is 9.99. The Morgan fingerprint density at radius 1 is 1.21 bits per heavy atom. The van der Waals surface area contributed by atoms with Gasteiger partial charge in [-0.3, -0.25) is 9.59 Å². The number of phenolic OH excluding ortho intramolecular Hbond substituents is 1. The van der Waals surface area contributed by atoms with Gasteiger partial charge >= 0.3 is 5.97 Å². The molecule has 7 nitrogen and oxygen atoms in total. The molecule has 1 aromatic carbocycles. The Kier molecular flexibility index (Phi) is 11.9. The summed E-state index contributed by atoms with van der Waals surface area (Å²) in [6, 6.07) is 6.35. The number of carbonyl (C=O) groups excluding carboxylic acids is 1. The van der Waals surface area contributed by atoms with Crippen molar-refractivity contribution in [2.75, 3.05) is 12.4 Å². The van der Waals surface area contributed by atoms with Crippen LogP contribution in [0.1, 0.15) is 64.7 Å². The lowest BCUT2D eigenvalue weighted by Gasteiger charge is -2.30. The number of carboxylic acids is 1. The summed E-state index contributed by atoms with van der Waals surface area (Å²) in [4.78, 5) is 23.1. The molecule has 0 saturated heterocycles. The van der Waals surface area contributed by atoms with Gasteiger partial charge in [-0.15, -0.1) is 0 Å². The summed E-state index contributed by atoms with van der Waals surface area (Å²) in [7, 11) is 0. The van der Waals surface area contributed by atoms with Crippen molar-refractivity contribution in [3.8, 4) is 11.5 Å². The molecule has 1 aliphatic rings. The molecule has 0 aromatic heterocycles. The molecule has 0 amide bonds. The van der Waals surface area contributed by atoms with Crippen LogP contribution in [0.5, 0.6) is 11.5 Å². The number of benzene rings is 1. The fourth-order valence-corrected chi connectivity index (χ4v) is 5.60. The third-order valence-electron chi connectivity index (χ3n) is 6.05. The molecule has 2 unspecified atom stereocenters. The Hall–Kier alpha value is -2.03. The number of aliphatic carboxylic acids is 1. The Bertz CT molecular complexity index is 795. The number of hydrogen-bond acceptors (Lipinski definition) is 7. The van der Waals surface area contributed by atoms with Crippen molar-refractivity contribution in [2.24, 2.45) is 5.92 Å². The fourth-order valence-electron chi connectivity index (χ4n) is 4.05. The highest BCUT2D eigenvalue weighted by Gasteiger charge is 2.42. The SMILES string of the molecule is CCCCCC(O)(COc1ccc(O)cc1)CS[C@H]1C(O)CC(=O)[C@@H]1CC=CCCCC(=O)O. The largest absolute Gasteiger partial charge is 0.508 e. The number of unbranched alkanes of at least 4 members (excludes halogenated alkanes) is 3. The van der Waals surface area contributed by atoms with E-state index < -0.39 is 17.7 Å². The van der Waals surface area contributed by atoms with E-state index >= 15 is 0 Å². The minimum Gasteiger partial charge on any atom is -0.508 e. The van der Waals surface area contributed by atoms with Gasteiger partial charge in [0.15, 0.2) is 0 Å². The number of phenols is 1. The highest BCUT2D eigenvalue weighted by molar-refractivity contribution is 8.00. The standard InChI is InChI=1S/C26H38O7S/c1-2-3-8-15-26(32,17-33-20-13-11-19(27)12-14-20)18-34-25-21(22(28)16-23(25)29)9-6-4-5-7-10-24(30)31/h4,6,11-14,21,23,25,27,29,32H,2-3,5,7-10,15-18H2,1H3,(H,30,31)/t21-,23?,25+,26?/m0/s1. The first-order chi connectivity index (χ1) is 16.2. The number of ketones is 1. The minimum atomic E-state index is -1.11. The van der Waals surface area contributed by atoms with Gasteiger partial charge in [0.25, 0.3) is 0 Å². The molecule has 1 aliphatic carbocycles. The van der Waals surface area contributed by atoms with E-state index in [4.69, 9.17) is 9.84 Å². The Balaban J connectivity index is 1.96. The van der Waals surface area contributed by atoms with Crippen LogP contribution >= 0.6 is 11.8 Å². The number of thioether (sulfide) groups is 1. The summed E-state index contributed by atoms with van der Waals surface area (Å²) in [6.07, 6.45) is 8.39. The Labute approximate surface area is 206 Å². The summed E-state index contributed by atoms with van der Waals surface area (Å²) >= 11 is 1.43. The van der Waals surface area contributed by atoms with Gasteiger partial charge in [0.1, 0.15) is 29.5 Å². The number of Topliss-reactive ketones (excluding diaryl/α,β-unsaturated/α-hetero) is 1. The average molecular weight is 495 g/mol. The third-order valence-corrected chi connectivity index (χ3v) is 7.78. The van der Waals surface area contributed by atoms with Crippen LogP contribution in [0.2, 0.25) is 0 Å². The predicted molar refractivity (Wildman–Crippen MR) is 133 cm³/mol. The molecule has 1 aromatic rings. The summed E-state index contributed by atoms with van der Waals surface area (Å²) in [5.41, 5.74) is -1.11. The van der Waals surface area contributed by atoms with Crippen molar-refractivity contribution in [3.63, 3.8) is 0 Å². The van der Waals surface area contributed by atoms with Gasteiger partial charge in [-0.25, -0.2) is 0 Å². The van der Waals surface area contributed by atoms with E-state index in [0.29, 0.717) is 37.2 Å². The summed E-state index contributed by atoms with van der Waals surface area (Å²) in [6.45, 7) is 2.18. The van der Waals surface area contributed by atoms with Crippen LogP contribution in [-0.4, -0.2) is 61.5 Å². The number of aliphatic hydroxyl groups excluding tert-OH is 1. The van der Waals surface area contributed by atoms with Crippen LogP contribution in [-0.2, 0) is 9.59 Å². The van der Waals surface area contributed by atoms with Gasteiger partial charge in [-0.2, -0.15) is 11.8 Å². The fraction of sp³-hybridized carbons (Fsp3) is 0.615. The van der Waals surface area contributed by atoms with E-state index in [9.17, 15) is 24.9 Å². The molecule has 0 radical (unpaired) electrons. The second-order valence-electron chi connectivity index (χ2n) is 9.08. The maximum Gasteiger partial charge on any atom is 0.303 e. The highest BCUT2D eigenvalue weighted by Crippen LogP contribution is 2.38. The van der Waals surface area contributed by atoms with Crippen LogP contribution in [0.3, 0.4) is 0 Å². The van der Waals surface area contributed by atoms with Crippen molar-refractivity contribution in [3.05, 3.63) is 36.4 Å². The second kappa shape index (κ2) is 14.4. The lowest BCUT2D eigenvalue weighted by Crippen LogP contribution is -2.40. The summed E-state index contributed by atoms with van der Waals surface area (Å²) < 4.78 is 5.81. The molecule has 1 saturated carbocycles. The van der Waals surface area contributed by atoms with Crippen molar-refractivity contribution in [2.45, 2.75) is 81.7 Å². The molecular formula is C26H38O7S. The zero-order valence-electron chi connectivity index (χ0n) is 19.9. The topological polar surface area (TPSA) is 124 Å². The number of aromatic hydroxyl groups is 1. The first-order valence-electron chi connectivity index (χ1n) is 12.1. The third kappa shape index (κ3) is 9.68. The first-order valence-corrected chi connectivity index (χ1v) is 13.1. The summed E-state index contributed by atoms with van der Waals surface area (Å²) in [5, 5.41) is 39.7. The number of allylic oxidation sites excluding steroid dienone is 2. The van der Waals surface area contributed by atoms with Crippen LogP contribution in [0.15, 0.2) is 36.4 Å². The maximum atomic E-state index is 12.5. The zero-order valence-corrected chi connectivity index (χ0v) is 20.7. The number of aliphatic hydroxyl groups is 2. The van der Waals surface area contributed by atoms with E-state index in [1.165, 1.54) is 23.9 Å². The van der Waals surface area contributed by atoms with Crippen molar-refractivity contribution in [1.29, 1.82) is 0 Å². The van der Waals surface area contributed by atoms with Gasteiger partial charge in [0.2, 0.25) is 0 Å². The number of carboxylic acid groups (broad SMARTS) is 1. The highest BCUT2D eigenvalue weighted by atomic mass is 32.2. The van der Waals surface area contributed by atoms with E-state index in [1.807, 2.05) is 12.2 Å². The molecule has 4 N–H and O–H groups in total. The molecule has 4 atom stereocenters. The van der Waals surface area contributed by atoms with Crippen molar-refractivity contribution < 1.29 is 34.8 Å². The van der Waals surface area contributed by atoms with Gasteiger partial charge in [0.05, 0.1) is 6.10 Å². The van der Waals surface area contributed by atoms with Crippen molar-refractivity contribution in [1.82, 2.24) is 0 Å². The van der Waals surface area contributed by atoms with Gasteiger partial charge in [-0.1, -0.05) is 38.3 Å². The molecule has 1 fully saturated rings. The molecule has 8 heteroatoms. The molecular weight excluding hydrogens is 456 g/mol. The average Bonchev–Trinajstić information content (AvgIpc) is 3.06. The predicted octanol–water partition coefficient (Wildman–Crippen LogP) is 4.34. The van der Waals surface area contributed by atoms with Crippen LogP contribution in [0.4, 0.5) is 0 Å². The van der Waals surface area contributed by atoms with Crippen LogP contribution in [0.25, 0.3) is 0 Å². The molecule has 2 rings (SSSR count). The maximum absolute atomic E-state index is 12.5. The molecule has 0 aliphatic heterocycles. The zero-order chi connectivity index (χ0) is 25.0. The smallest absolute Gasteiger partial charge is 0.303 e. The van der Waals surface area contributed by atoms with E-state index in [-0.39, 0.29) is 42.1 Å². The molecule has 0 bridgehead atoms. The number of hydrogen-bond donors (Lipinski definition) is 4. The first kappa shape index (κ1) is 28.2. The normalized spacial score (nSPS) is 22.2. The molecule has 0 heterocycles. The molecule has 34 heavy (non-hydrogen) atoms. The molecule has 190 valence electrons. The lowest BCUT2D eigenvalue weighted by molar-refractivity contribution is -0.137. The minimum absolute atomic E-state index is 0.0232. The Morgan fingerprint density at radius 3 is 2.62 bits per heavy atom. The van der Waals surface area contributed by atoms with Gasteiger partial charge in [-0.05, 0) is 49.9 Å². The van der Waals surface area contributed by atoms with E-state index in [2.05, 4.69) is 6.92 Å². The number of carbonyl (C=O) groups is 2. The van der Waals surface area contributed by atoms with Crippen LogP contribution < -0.4 is 4.74 Å². The monoisotopic (exact) mass is 494 g/mol. The van der Waals surface area contributed by atoms with Crippen LogP contribution in [0, 0.1) is 5.92 Å². The molecule has 0 spiro atoms. The Morgan fingerprint density at radius 2 is 1.94 bits per heavy atom. The van der Waals surface area contributed by atoms with Crippen molar-refractivity contribution >= 4 is 23.5 Å². The van der Waals surface area contributed by atoms with Gasteiger partial charge in [0, 0.05) is 29.8 Å². The van der Waals surface area contributed by atoms with E-state index in [1.54, 1.807) is 12.1 Å². The number of ether oxygens (including phenoxy) is 1. The number of rotatable bonds is 16. The van der Waals surface area contributed by atoms with Gasteiger partial charge < -0.3 is 25.2 Å². The van der Waals surface area contributed by atoms with E-state index in [0.717, 1.165) is 19.3 Å². The summed E-state index contributed by atoms with van der Waals surface area (Å²) in [5.74, 6) is -0.0899. The quantitative estimate of drug-likeness (QED) is 0.198.